The Balaban J connectivity index is -0.000000320. The van der Waals surface area contributed by atoms with Crippen molar-refractivity contribution >= 4 is 270 Å². The van der Waals surface area contributed by atoms with Crippen LogP contribution in [0.4, 0.5) is 0 Å². The average Bonchev–Trinajstić information content (AvgIpc) is 0.766. The molecule has 5 N–H and O–H groups in total. The van der Waals surface area contributed by atoms with Gasteiger partial charge in [0.05, 0.1) is 8.56 Å². The topological polar surface area (TPSA) is 337 Å². The van der Waals surface area contributed by atoms with Gasteiger partial charge in [-0.15, -0.1) is 44.3 Å². The van der Waals surface area contributed by atoms with Crippen molar-refractivity contribution in [2.45, 2.75) is 412 Å². The molecule has 0 aromatic rings. The Morgan fingerprint density at radius 2 is 0.536 bits per heavy atom. The van der Waals surface area contributed by atoms with E-state index in [-0.39, 0.29) is 79.1 Å². The van der Waals surface area contributed by atoms with E-state index in [9.17, 15) is 33.6 Å². The standard InChI is InChI=1S/C51H120N4O18Si14.C15H42NO3Si5.C11H30NOSi3.C2H6Cl4OSi2.2CH4.2Li.2H/c1-44(2)48(56)52-36-32-40-74(9)61-78(15,16)65-81(21,22)69-86(30,70-82(23,24)66-79(17,18)63-76(11,12)42-34-38-54-50(58)46(5)6)73-87(31,72-84(27,28)68-85(29,60)62-75(10)41-33-37-53-49(57)45(3)4)71-83(25,26)67-80(19,20)64-77(13,14)43-35-39-55-51(59)47(7)8;1-20(2,3)16(21(4,5)6)14-13-15-22(7,8)18-24(11,12)19-23(9,10)17;1-14(2,3)12(15(4,5)6)10-9-11-16(7,8)13;1-8(3,4)7-9(2,5)6;;;;;;/h60,74-75H,1,3,5,7,32-43H2,2,4,6,8-31H3,(H,52,56)(H,53,57)(H,54,58)(H,55,59);13-15H2,1-12H3;9-11H2,1-8H3;1-2H3;2*1H4;;;;/q;2*-1;;;;2*+1;2*-1. The summed E-state index contributed by atoms with van der Waals surface area (Å²) < 4.78 is 115. The second kappa shape index (κ2) is 65.1. The fourth-order valence-electron chi connectivity index (χ4n) is 16.6. The van der Waals surface area contributed by atoms with Crippen LogP contribution in [-0.4, -0.2) is 278 Å². The molecule has 0 aliphatic rings. The maximum absolute atomic E-state index is 12.2. The van der Waals surface area contributed by atoms with E-state index >= 15 is 0 Å². The van der Waals surface area contributed by atoms with E-state index in [0.29, 0.717) is 60.9 Å². The van der Waals surface area contributed by atoms with Crippen LogP contribution in [0.2, 0.25) is 331 Å². The van der Waals surface area contributed by atoms with Gasteiger partial charge < -0.3 is 113 Å². The predicted molar refractivity (Wildman–Crippen MR) is 645 cm³/mol. The molecule has 0 fully saturated rings. The molecule has 0 radical (unpaired) electrons. The van der Waals surface area contributed by atoms with Crippen LogP contribution >= 0.6 is 44.3 Å². The van der Waals surface area contributed by atoms with Gasteiger partial charge in [0.1, 0.15) is 32.9 Å². The third-order valence-corrected chi connectivity index (χ3v) is 105. The molecule has 0 aliphatic carbocycles. The average molecular weight is 2460 g/mol. The maximum Gasteiger partial charge on any atom is 1.00 e. The van der Waals surface area contributed by atoms with E-state index in [1.807, 2.05) is 131 Å². The Labute approximate surface area is 929 Å². The molecular weight excluding hydrogens is 2250 g/mol. The molecule has 29 nitrogen and oxygen atoms in total. The molecule has 59 heteroatoms. The van der Waals surface area contributed by atoms with Gasteiger partial charge in [-0.25, -0.2) is 0 Å². The van der Waals surface area contributed by atoms with Crippen molar-refractivity contribution < 1.29 is 140 Å². The summed E-state index contributed by atoms with van der Waals surface area (Å²) in [6, 6.07) is 5.08. The molecule has 0 heterocycles. The number of hydrogen-bond donors (Lipinski definition) is 5. The Bertz CT molecular complexity index is 3520. The molecule has 0 saturated carbocycles. The third-order valence-electron chi connectivity index (χ3n) is 19.1. The van der Waals surface area contributed by atoms with Gasteiger partial charge in [0.15, 0.2) is 43.0 Å². The molecule has 828 valence electrons. The summed E-state index contributed by atoms with van der Waals surface area (Å²) in [5, 5.41) is 11.6. The molecule has 0 saturated heterocycles. The normalized spacial score (nSPS) is 15.2. The summed E-state index contributed by atoms with van der Waals surface area (Å²) >= 11 is 22.3. The van der Waals surface area contributed by atoms with Crippen molar-refractivity contribution in [2.75, 3.05) is 39.3 Å². The summed E-state index contributed by atoms with van der Waals surface area (Å²) in [5.74, 6) is -0.729. The van der Waals surface area contributed by atoms with Crippen LogP contribution in [0.3, 0.4) is 0 Å². The molecular formula is C81H208Cl4Li2N6O23Si24-2. The van der Waals surface area contributed by atoms with E-state index in [0.717, 1.165) is 62.4 Å². The van der Waals surface area contributed by atoms with Crippen LogP contribution < -0.4 is 68.6 Å². The van der Waals surface area contributed by atoms with E-state index in [4.69, 9.17) is 110 Å². The van der Waals surface area contributed by atoms with Crippen molar-refractivity contribution in [1.29, 1.82) is 0 Å². The van der Waals surface area contributed by atoms with E-state index < -0.39 is 202 Å². The smallest absolute Gasteiger partial charge is 1.00 e. The van der Waals surface area contributed by atoms with Gasteiger partial charge in [0.2, 0.25) is 23.6 Å². The zero-order chi connectivity index (χ0) is 109. The van der Waals surface area contributed by atoms with Gasteiger partial charge in [-0.3, -0.25) is 19.2 Å². The fourth-order valence-corrected chi connectivity index (χ4v) is 124. The van der Waals surface area contributed by atoms with Gasteiger partial charge >= 0.3 is 146 Å². The van der Waals surface area contributed by atoms with Gasteiger partial charge in [-0.05, 0) is 280 Å². The number of carbonyl (C=O) groups is 4. The summed E-state index contributed by atoms with van der Waals surface area (Å²) in [7, 11) is -57.4. The SMILES string of the molecule is C.C.C=C(C)C(=O)NCCC[SiH](C)O[Si](C)(C)O[Si](C)(C)O[Si](C)(O[Si](C)(C)O[Si](C)(C)O[Si](C)(C)CCCNC(=O)C(=C)C)O[Si](C)(O[Si](C)(C)O[Si](C)(C)O[Si](C)(C)CCCNC(=O)C(=C)C)O[Si](C)(C)O[Si](C)(O)O[SiH](C)CCCNC(=O)C(=C)C.C[Si](C)([O-])CCCN([Si](C)(C)C)[Si](C)(C)C.C[Si](C)([O-])O[Si](C)(C)O[Si](C)(C)CCCN([Si](C)(C)C)[Si](C)(C)C.C[Si](Cl)(Cl)O[Si](C)(Cl)Cl.[H-].[H-].[Li+].[Li+]. The predicted octanol–water partition coefficient (Wildman–Crippen LogP) is 16.1. The minimum absolute atomic E-state index is 0. The molecule has 5 unspecified atom stereocenters. The summed E-state index contributed by atoms with van der Waals surface area (Å²) in [4.78, 5) is 84.6. The second-order valence-corrected chi connectivity index (χ2v) is 145. The zero-order valence-electron chi connectivity index (χ0n) is 98.5. The second-order valence-electron chi connectivity index (χ2n) is 47.0. The van der Waals surface area contributed by atoms with Crippen LogP contribution in [0.5, 0.6) is 0 Å². The molecule has 0 spiro atoms. The monoisotopic (exact) mass is 2460 g/mol. The molecule has 0 rings (SSSR count). The minimum atomic E-state index is -4.22. The fraction of sp³-hybridized carbons (Fsp3) is 0.852. The van der Waals surface area contributed by atoms with Gasteiger partial charge in [-0.1, -0.05) is 160 Å². The maximum atomic E-state index is 12.2. The molecule has 0 aromatic heterocycles. The quantitative estimate of drug-likeness (QED) is 0.0163. The molecule has 0 bridgehead atoms. The van der Waals surface area contributed by atoms with Crippen LogP contribution in [0.15, 0.2) is 48.6 Å². The van der Waals surface area contributed by atoms with Crippen molar-refractivity contribution in [3.63, 3.8) is 0 Å². The first-order chi connectivity index (χ1) is 59.7. The van der Waals surface area contributed by atoms with Gasteiger partial charge in [0.25, 0.3) is 0 Å². The Hall–Kier alpha value is 3.56. The molecule has 140 heavy (non-hydrogen) atoms. The van der Waals surface area contributed by atoms with E-state index in [1.54, 1.807) is 67.0 Å². The number of halogens is 4. The van der Waals surface area contributed by atoms with Crippen LogP contribution in [0.1, 0.15) is 83.9 Å². The van der Waals surface area contributed by atoms with Gasteiger partial charge in [0, 0.05) is 68.1 Å². The third kappa shape index (κ3) is 84.8. The van der Waals surface area contributed by atoms with E-state index in [1.165, 1.54) is 13.0 Å². The zero-order valence-corrected chi connectivity index (χ0v) is 124. The minimum Gasteiger partial charge on any atom is -1.00 e. The van der Waals surface area contributed by atoms with Crippen molar-refractivity contribution in [3.8, 4) is 0 Å². The Morgan fingerprint density at radius 1 is 0.314 bits per heavy atom. The van der Waals surface area contributed by atoms with Crippen LogP contribution in [0.25, 0.3) is 0 Å². The first-order valence-corrected chi connectivity index (χ1v) is 120. The van der Waals surface area contributed by atoms with Crippen LogP contribution in [0, 0.1) is 0 Å². The molecule has 5 atom stereocenters. The molecule has 4 amide bonds. The number of hydrogen-bond acceptors (Lipinski definition) is 25. The number of rotatable bonds is 64. The van der Waals surface area contributed by atoms with Crippen molar-refractivity contribution in [2.24, 2.45) is 0 Å². The van der Waals surface area contributed by atoms with Crippen molar-refractivity contribution in [3.05, 3.63) is 48.6 Å². The largest absolute Gasteiger partial charge is 1.00 e. The summed E-state index contributed by atoms with van der Waals surface area (Å²) in [6.45, 7) is 114. The molecule has 0 aromatic carbocycles. The van der Waals surface area contributed by atoms with Crippen LogP contribution in [-0.2, 0) is 85.0 Å². The Morgan fingerprint density at radius 3 is 0.771 bits per heavy atom. The number of carbonyl (C=O) groups excluding carboxylic acids is 4. The molecule has 0 aliphatic heterocycles. The van der Waals surface area contributed by atoms with Gasteiger partial charge in [-0.2, -0.15) is 0 Å². The number of nitrogens with zero attached hydrogens (tertiary/aromatic N) is 2. The van der Waals surface area contributed by atoms with Crippen molar-refractivity contribution in [1.82, 2.24) is 29.7 Å². The number of nitrogens with one attached hydrogen (secondary N) is 4. The number of amides is 4. The first kappa shape index (κ1) is 159. The Kier molecular flexibility index (Phi) is 73.8. The van der Waals surface area contributed by atoms with E-state index in [2.05, 4.69) is 180 Å². The summed E-state index contributed by atoms with van der Waals surface area (Å²) in [5.41, 5.74) is 1.80. The first-order valence-electron chi connectivity index (χ1n) is 48.0. The summed E-state index contributed by atoms with van der Waals surface area (Å²) in [6.07, 6.45) is 5.15.